The van der Waals surface area contributed by atoms with Gasteiger partial charge in [0.15, 0.2) is 0 Å². The number of rotatable bonds is 1. The standard InChI is InChI=1S/C7H5N3O3/c11-5-3-1-2-4(8-5)6-9-10-7(12)13-6/h1-3H,(H,8,11)(H,10,12). The van der Waals surface area contributed by atoms with Crippen molar-refractivity contribution in [3.8, 4) is 11.6 Å². The van der Waals surface area contributed by atoms with Crippen LogP contribution in [0.1, 0.15) is 0 Å². The van der Waals surface area contributed by atoms with Gasteiger partial charge in [-0.25, -0.2) is 9.89 Å². The first kappa shape index (κ1) is 7.53. The van der Waals surface area contributed by atoms with E-state index in [-0.39, 0.29) is 11.4 Å². The molecule has 0 atom stereocenters. The van der Waals surface area contributed by atoms with Crippen molar-refractivity contribution in [1.29, 1.82) is 0 Å². The van der Waals surface area contributed by atoms with Crippen molar-refractivity contribution in [2.24, 2.45) is 0 Å². The Morgan fingerprint density at radius 2 is 2.15 bits per heavy atom. The molecule has 0 bridgehead atoms. The van der Waals surface area contributed by atoms with Crippen molar-refractivity contribution in [1.82, 2.24) is 15.2 Å². The third-order valence-electron chi connectivity index (χ3n) is 1.44. The van der Waals surface area contributed by atoms with Crippen LogP contribution in [0.4, 0.5) is 0 Å². The van der Waals surface area contributed by atoms with E-state index in [1.807, 2.05) is 0 Å². The summed E-state index contributed by atoms with van der Waals surface area (Å²) in [5.41, 5.74) is 0.0917. The molecule has 0 aliphatic carbocycles. The molecule has 2 aromatic rings. The molecule has 0 fully saturated rings. The molecular formula is C7H5N3O3. The van der Waals surface area contributed by atoms with Gasteiger partial charge in [-0.15, -0.1) is 5.10 Å². The lowest BCUT2D eigenvalue weighted by Crippen LogP contribution is -2.03. The van der Waals surface area contributed by atoms with Crippen molar-refractivity contribution in [2.75, 3.05) is 0 Å². The number of nitrogens with one attached hydrogen (secondary N) is 2. The number of hydrogen-bond acceptors (Lipinski definition) is 4. The number of aromatic amines is 2. The van der Waals surface area contributed by atoms with Gasteiger partial charge in [0.1, 0.15) is 5.69 Å². The Morgan fingerprint density at radius 1 is 1.31 bits per heavy atom. The van der Waals surface area contributed by atoms with Crippen LogP contribution in [-0.4, -0.2) is 15.2 Å². The molecule has 66 valence electrons. The average Bonchev–Trinajstić information content (AvgIpc) is 2.52. The summed E-state index contributed by atoms with van der Waals surface area (Å²) in [6, 6.07) is 4.48. The summed E-state index contributed by atoms with van der Waals surface area (Å²) in [4.78, 5) is 23.9. The van der Waals surface area contributed by atoms with Gasteiger partial charge in [0.25, 0.3) is 5.89 Å². The predicted molar refractivity (Wildman–Crippen MR) is 43.2 cm³/mol. The maximum atomic E-state index is 10.9. The minimum Gasteiger partial charge on any atom is -0.386 e. The zero-order valence-electron chi connectivity index (χ0n) is 6.40. The third kappa shape index (κ3) is 1.41. The van der Waals surface area contributed by atoms with E-state index in [1.54, 1.807) is 12.1 Å². The van der Waals surface area contributed by atoms with Gasteiger partial charge in [0.2, 0.25) is 5.56 Å². The maximum Gasteiger partial charge on any atom is 0.434 e. The number of aromatic nitrogens is 3. The number of hydrogen-bond donors (Lipinski definition) is 2. The second kappa shape index (κ2) is 2.74. The molecule has 0 aliphatic rings. The van der Waals surface area contributed by atoms with Crippen LogP contribution in [0.3, 0.4) is 0 Å². The molecule has 6 nitrogen and oxygen atoms in total. The zero-order chi connectivity index (χ0) is 9.26. The molecule has 2 heterocycles. The molecule has 0 amide bonds. The summed E-state index contributed by atoms with van der Waals surface area (Å²) in [6.07, 6.45) is 0. The lowest BCUT2D eigenvalue weighted by Gasteiger charge is -1.90. The smallest absolute Gasteiger partial charge is 0.386 e. The van der Waals surface area contributed by atoms with Gasteiger partial charge in [0, 0.05) is 6.07 Å². The van der Waals surface area contributed by atoms with Crippen LogP contribution >= 0.6 is 0 Å². The first-order valence-electron chi connectivity index (χ1n) is 3.51. The Balaban J connectivity index is 2.58. The van der Waals surface area contributed by atoms with Crippen molar-refractivity contribution < 1.29 is 4.42 Å². The van der Waals surface area contributed by atoms with E-state index in [2.05, 4.69) is 19.6 Å². The van der Waals surface area contributed by atoms with Crippen molar-refractivity contribution in [3.63, 3.8) is 0 Å². The van der Waals surface area contributed by atoms with Gasteiger partial charge in [-0.3, -0.25) is 4.79 Å². The fourth-order valence-electron chi connectivity index (χ4n) is 0.918. The Bertz CT molecular complexity index is 522. The minimum atomic E-state index is -0.653. The minimum absolute atomic E-state index is 0.0719. The predicted octanol–water partition coefficient (Wildman–Crippen LogP) is -0.282. The number of H-pyrrole nitrogens is 2. The first-order valence-corrected chi connectivity index (χ1v) is 3.51. The van der Waals surface area contributed by atoms with Gasteiger partial charge < -0.3 is 9.40 Å². The van der Waals surface area contributed by atoms with E-state index in [9.17, 15) is 9.59 Å². The summed E-state index contributed by atoms with van der Waals surface area (Å²) in [7, 11) is 0. The molecule has 0 saturated heterocycles. The van der Waals surface area contributed by atoms with Crippen LogP contribution in [0, 0.1) is 0 Å². The molecule has 2 rings (SSSR count). The maximum absolute atomic E-state index is 10.9. The van der Waals surface area contributed by atoms with E-state index in [4.69, 9.17) is 0 Å². The first-order chi connectivity index (χ1) is 6.25. The Kier molecular flexibility index (Phi) is 1.59. The highest BCUT2D eigenvalue weighted by Crippen LogP contribution is 2.07. The SMILES string of the molecule is O=c1cccc(-c2n[nH]c(=O)o2)[nH]1. The normalized spacial score (nSPS) is 10.2. The van der Waals surface area contributed by atoms with E-state index in [0.717, 1.165) is 0 Å². The van der Waals surface area contributed by atoms with Crippen LogP contribution in [0.5, 0.6) is 0 Å². The topological polar surface area (TPSA) is 91.8 Å². The van der Waals surface area contributed by atoms with Crippen molar-refractivity contribution in [2.45, 2.75) is 0 Å². The largest absolute Gasteiger partial charge is 0.434 e. The number of pyridine rings is 1. The fourth-order valence-corrected chi connectivity index (χ4v) is 0.918. The summed E-state index contributed by atoms with van der Waals surface area (Å²) in [5.74, 6) is -0.581. The van der Waals surface area contributed by atoms with Crippen LogP contribution in [0.15, 0.2) is 32.2 Å². The van der Waals surface area contributed by atoms with Gasteiger partial charge in [0.05, 0.1) is 0 Å². The van der Waals surface area contributed by atoms with E-state index >= 15 is 0 Å². The molecule has 0 radical (unpaired) electrons. The highest BCUT2D eigenvalue weighted by Gasteiger charge is 2.04. The molecule has 0 unspecified atom stereocenters. The quantitative estimate of drug-likeness (QED) is 0.629. The monoisotopic (exact) mass is 179 g/mol. The van der Waals surface area contributed by atoms with Crippen LogP contribution in [0.2, 0.25) is 0 Å². The fraction of sp³-hybridized carbons (Fsp3) is 0. The van der Waals surface area contributed by atoms with Crippen LogP contribution in [0.25, 0.3) is 11.6 Å². The van der Waals surface area contributed by atoms with E-state index in [0.29, 0.717) is 5.69 Å². The van der Waals surface area contributed by atoms with Gasteiger partial charge in [-0.1, -0.05) is 6.07 Å². The highest BCUT2D eigenvalue weighted by atomic mass is 16.4. The highest BCUT2D eigenvalue weighted by molar-refractivity contribution is 5.44. The van der Waals surface area contributed by atoms with Crippen LogP contribution < -0.4 is 11.3 Å². The second-order valence-electron chi connectivity index (χ2n) is 2.35. The van der Waals surface area contributed by atoms with Gasteiger partial charge in [-0.2, -0.15) is 0 Å². The Morgan fingerprint density at radius 3 is 2.77 bits per heavy atom. The van der Waals surface area contributed by atoms with Crippen molar-refractivity contribution >= 4 is 0 Å². The molecule has 13 heavy (non-hydrogen) atoms. The zero-order valence-corrected chi connectivity index (χ0v) is 6.40. The average molecular weight is 179 g/mol. The van der Waals surface area contributed by atoms with Gasteiger partial charge in [-0.05, 0) is 6.07 Å². The van der Waals surface area contributed by atoms with E-state index in [1.165, 1.54) is 6.07 Å². The molecule has 2 N–H and O–H groups in total. The Labute approximate surface area is 71.2 Å². The molecule has 6 heteroatoms. The number of nitrogens with zero attached hydrogens (tertiary/aromatic N) is 1. The third-order valence-corrected chi connectivity index (χ3v) is 1.44. The van der Waals surface area contributed by atoms with Crippen molar-refractivity contribution in [3.05, 3.63) is 39.1 Å². The summed E-state index contributed by atoms with van der Waals surface area (Å²) >= 11 is 0. The lowest BCUT2D eigenvalue weighted by molar-refractivity contribution is 0.525. The van der Waals surface area contributed by atoms with E-state index < -0.39 is 5.76 Å². The summed E-state index contributed by atoms with van der Waals surface area (Å²) in [5, 5.41) is 5.65. The van der Waals surface area contributed by atoms with Crippen LogP contribution in [-0.2, 0) is 0 Å². The van der Waals surface area contributed by atoms with Gasteiger partial charge >= 0.3 is 5.76 Å². The molecule has 0 spiro atoms. The molecule has 2 aromatic heterocycles. The molecule has 0 aliphatic heterocycles. The Hall–Kier alpha value is -2.11. The lowest BCUT2D eigenvalue weighted by atomic mass is 10.3. The summed E-state index contributed by atoms with van der Waals surface area (Å²) in [6.45, 7) is 0. The molecule has 0 aromatic carbocycles. The molecule has 0 saturated carbocycles. The second-order valence-corrected chi connectivity index (χ2v) is 2.35. The molecular weight excluding hydrogens is 174 g/mol. The summed E-state index contributed by atoms with van der Waals surface area (Å²) < 4.78 is 4.63.